The van der Waals surface area contributed by atoms with Crippen molar-refractivity contribution in [2.45, 2.75) is 11.4 Å². The van der Waals surface area contributed by atoms with Crippen LogP contribution < -0.4 is 4.80 Å². The Kier molecular flexibility index (Phi) is 6.10. The van der Waals surface area contributed by atoms with Crippen molar-refractivity contribution in [3.05, 3.63) is 107 Å². The van der Waals surface area contributed by atoms with Crippen LogP contribution >= 0.6 is 11.3 Å². The fourth-order valence-electron chi connectivity index (χ4n) is 4.05. The van der Waals surface area contributed by atoms with E-state index in [9.17, 15) is 13.2 Å². The van der Waals surface area contributed by atoms with Gasteiger partial charge in [-0.15, -0.1) is 0 Å². The maximum atomic E-state index is 13.0. The second kappa shape index (κ2) is 9.22. The number of carbonyl (C=O) groups excluding carboxylic acids is 1. The van der Waals surface area contributed by atoms with Gasteiger partial charge in [-0.3, -0.25) is 4.79 Å². The van der Waals surface area contributed by atoms with Gasteiger partial charge in [-0.05, 0) is 41.3 Å². The zero-order valence-electron chi connectivity index (χ0n) is 19.3. The van der Waals surface area contributed by atoms with Gasteiger partial charge in [0, 0.05) is 31.6 Å². The van der Waals surface area contributed by atoms with Crippen LogP contribution in [-0.2, 0) is 23.6 Å². The van der Waals surface area contributed by atoms with Gasteiger partial charge >= 0.3 is 0 Å². The van der Waals surface area contributed by atoms with Crippen molar-refractivity contribution in [1.29, 1.82) is 0 Å². The summed E-state index contributed by atoms with van der Waals surface area (Å²) in [5, 5.41) is 2.23. The molecule has 176 valence electrons. The van der Waals surface area contributed by atoms with Gasteiger partial charge < -0.3 is 4.57 Å². The number of nitrogens with zero attached hydrogens (tertiary/aromatic N) is 3. The number of benzene rings is 4. The normalized spacial score (nSPS) is 12.6. The van der Waals surface area contributed by atoms with Gasteiger partial charge in [0.1, 0.15) is 0 Å². The zero-order valence-corrected chi connectivity index (χ0v) is 20.9. The molecule has 0 N–H and O–H groups in total. The van der Waals surface area contributed by atoms with E-state index in [4.69, 9.17) is 0 Å². The molecule has 6 nitrogen and oxygen atoms in total. The summed E-state index contributed by atoms with van der Waals surface area (Å²) in [5.74, 6) is -0.418. The average molecular weight is 502 g/mol. The zero-order chi connectivity index (χ0) is 24.6. The molecule has 5 aromatic rings. The molecule has 1 heterocycles. The summed E-state index contributed by atoms with van der Waals surface area (Å²) >= 11 is 1.45. The van der Waals surface area contributed by atoms with Gasteiger partial charge in [0.25, 0.3) is 5.91 Å². The molecule has 8 heteroatoms. The van der Waals surface area contributed by atoms with Crippen molar-refractivity contribution in [1.82, 2.24) is 8.87 Å². The first-order valence-corrected chi connectivity index (χ1v) is 13.3. The first-order valence-electron chi connectivity index (χ1n) is 11.0. The number of thiazole rings is 1. The number of rotatable bonds is 5. The van der Waals surface area contributed by atoms with Crippen molar-refractivity contribution in [3.8, 4) is 0 Å². The van der Waals surface area contributed by atoms with Gasteiger partial charge in [0.15, 0.2) is 4.80 Å². The first kappa shape index (κ1) is 23.2. The molecule has 0 fully saturated rings. The van der Waals surface area contributed by atoms with E-state index in [-0.39, 0.29) is 11.4 Å². The Bertz CT molecular complexity index is 1720. The fourth-order valence-corrected chi connectivity index (χ4v) is 6.24. The van der Waals surface area contributed by atoms with Crippen LogP contribution in [0.5, 0.6) is 0 Å². The molecule has 35 heavy (non-hydrogen) atoms. The minimum atomic E-state index is -3.69. The Morgan fingerprint density at radius 1 is 0.914 bits per heavy atom. The van der Waals surface area contributed by atoms with Crippen LogP contribution in [0, 0.1) is 0 Å². The lowest BCUT2D eigenvalue weighted by molar-refractivity contribution is 0.0998. The molecule has 0 spiro atoms. The van der Waals surface area contributed by atoms with Crippen molar-refractivity contribution in [2.24, 2.45) is 12.0 Å². The van der Waals surface area contributed by atoms with E-state index < -0.39 is 15.9 Å². The van der Waals surface area contributed by atoms with Gasteiger partial charge in [-0.2, -0.15) is 9.30 Å². The number of fused-ring (bicyclic) bond motifs is 3. The molecular formula is C27H23N3O3S2. The standard InChI is InChI=1S/C27H23N3O3S2/c1-29(18-19-8-4-3-5-9-19)35(32,33)22-15-12-21(13-16-22)26(31)28-27-30(2)25-23-11-7-6-10-20(23)14-17-24(25)34-27/h3-17H,18H2,1-2H3. The topological polar surface area (TPSA) is 71.7 Å². The highest BCUT2D eigenvalue weighted by Crippen LogP contribution is 2.26. The lowest BCUT2D eigenvalue weighted by Crippen LogP contribution is -2.26. The number of aromatic nitrogens is 1. The van der Waals surface area contributed by atoms with Crippen LogP contribution in [0.1, 0.15) is 15.9 Å². The molecule has 5 rings (SSSR count). The third kappa shape index (κ3) is 4.43. The van der Waals surface area contributed by atoms with Crippen LogP contribution in [0.15, 0.2) is 101 Å². The number of hydrogen-bond acceptors (Lipinski definition) is 4. The molecule has 0 aliphatic carbocycles. The van der Waals surface area contributed by atoms with Gasteiger partial charge in [0.2, 0.25) is 10.0 Å². The Morgan fingerprint density at radius 2 is 1.60 bits per heavy atom. The lowest BCUT2D eigenvalue weighted by Gasteiger charge is -2.17. The molecule has 0 saturated carbocycles. The summed E-state index contributed by atoms with van der Waals surface area (Å²) in [6.07, 6.45) is 0. The highest BCUT2D eigenvalue weighted by Gasteiger charge is 2.21. The molecule has 0 aliphatic heterocycles. The third-order valence-electron chi connectivity index (χ3n) is 5.94. The third-order valence-corrected chi connectivity index (χ3v) is 8.86. The predicted molar refractivity (Wildman–Crippen MR) is 140 cm³/mol. The Hall–Kier alpha value is -3.59. The van der Waals surface area contributed by atoms with Gasteiger partial charge in [0.05, 0.1) is 15.1 Å². The quantitative estimate of drug-likeness (QED) is 0.342. The molecule has 1 amide bonds. The first-order chi connectivity index (χ1) is 16.8. The monoisotopic (exact) mass is 501 g/mol. The Morgan fingerprint density at radius 3 is 2.34 bits per heavy atom. The van der Waals surface area contributed by atoms with E-state index in [1.165, 1.54) is 39.9 Å². The van der Waals surface area contributed by atoms with Crippen LogP contribution in [-0.4, -0.2) is 30.2 Å². The highest BCUT2D eigenvalue weighted by molar-refractivity contribution is 7.89. The Balaban J connectivity index is 1.43. The summed E-state index contributed by atoms with van der Waals surface area (Å²) < 4.78 is 30.2. The van der Waals surface area contributed by atoms with E-state index in [0.717, 1.165) is 26.6 Å². The summed E-state index contributed by atoms with van der Waals surface area (Å²) in [5.41, 5.74) is 2.26. The molecule has 0 atom stereocenters. The van der Waals surface area contributed by atoms with Crippen LogP contribution in [0.4, 0.5) is 0 Å². The van der Waals surface area contributed by atoms with Crippen molar-refractivity contribution < 1.29 is 13.2 Å². The van der Waals surface area contributed by atoms with E-state index in [1.54, 1.807) is 7.05 Å². The van der Waals surface area contributed by atoms with Crippen LogP contribution in [0.3, 0.4) is 0 Å². The molecule has 4 aromatic carbocycles. The fraction of sp³-hybridized carbons (Fsp3) is 0.111. The van der Waals surface area contributed by atoms with Crippen molar-refractivity contribution in [2.75, 3.05) is 7.05 Å². The van der Waals surface area contributed by atoms with Crippen molar-refractivity contribution in [3.63, 3.8) is 0 Å². The lowest BCUT2D eigenvalue weighted by atomic mass is 10.1. The number of sulfonamides is 1. The van der Waals surface area contributed by atoms with Gasteiger partial charge in [-0.25, -0.2) is 8.42 Å². The highest BCUT2D eigenvalue weighted by atomic mass is 32.2. The second-order valence-electron chi connectivity index (χ2n) is 8.27. The smallest absolute Gasteiger partial charge is 0.279 e. The van der Waals surface area contributed by atoms with Crippen LogP contribution in [0.2, 0.25) is 0 Å². The molecule has 0 radical (unpaired) electrons. The van der Waals surface area contributed by atoms with E-state index >= 15 is 0 Å². The minimum Gasteiger partial charge on any atom is -0.319 e. The van der Waals surface area contributed by atoms with Crippen LogP contribution in [0.25, 0.3) is 21.0 Å². The average Bonchev–Trinajstić information content (AvgIpc) is 3.20. The molecule has 0 bridgehead atoms. The SMILES string of the molecule is CN(Cc1ccccc1)S(=O)(=O)c1ccc(C(=O)N=c2sc3ccc4ccccc4c3n2C)cc1. The summed E-state index contributed by atoms with van der Waals surface area (Å²) in [7, 11) is -0.252. The maximum Gasteiger partial charge on any atom is 0.279 e. The molecule has 0 aliphatic rings. The molecular weight excluding hydrogens is 478 g/mol. The van der Waals surface area contributed by atoms with E-state index in [1.807, 2.05) is 60.1 Å². The van der Waals surface area contributed by atoms with E-state index in [2.05, 4.69) is 23.2 Å². The van der Waals surface area contributed by atoms with Gasteiger partial charge in [-0.1, -0.05) is 72.0 Å². The predicted octanol–water partition coefficient (Wildman–Crippen LogP) is 4.95. The molecule has 1 aromatic heterocycles. The number of hydrogen-bond donors (Lipinski definition) is 0. The van der Waals surface area contributed by atoms with E-state index in [0.29, 0.717) is 10.4 Å². The number of carbonyl (C=O) groups is 1. The molecule has 0 unspecified atom stereocenters. The number of amides is 1. The summed E-state index contributed by atoms with van der Waals surface area (Å²) in [4.78, 5) is 18.0. The maximum absolute atomic E-state index is 13.0. The van der Waals surface area contributed by atoms with Crippen molar-refractivity contribution >= 4 is 48.3 Å². The minimum absolute atomic E-state index is 0.131. The Labute approximate surface area is 207 Å². The second-order valence-corrected chi connectivity index (χ2v) is 11.3. The largest absolute Gasteiger partial charge is 0.319 e. The molecule has 0 saturated heterocycles. The summed E-state index contributed by atoms with van der Waals surface area (Å²) in [6, 6.07) is 27.5. The summed E-state index contributed by atoms with van der Waals surface area (Å²) in [6.45, 7) is 0.260. The number of aryl methyl sites for hydroxylation is 1.